The Bertz CT molecular complexity index is 928. The molecule has 0 bridgehead atoms. The van der Waals surface area contributed by atoms with E-state index in [-0.39, 0.29) is 5.04 Å². The summed E-state index contributed by atoms with van der Waals surface area (Å²) in [4.78, 5) is 0. The molecule has 0 amide bonds. The fourth-order valence-electron chi connectivity index (χ4n) is 4.92. The lowest BCUT2D eigenvalue weighted by atomic mass is 10.0. The van der Waals surface area contributed by atoms with Crippen LogP contribution in [0.2, 0.25) is 5.04 Å². The lowest BCUT2D eigenvalue weighted by molar-refractivity contribution is 0.259. The zero-order valence-corrected chi connectivity index (χ0v) is 24.5. The Labute approximate surface area is 221 Å². The standard InChI is InChI=1S/C33H48O2Si/c1-28(24-25-34)17-10-7-11-18-29(2)27-30(3)19-16-26-35-36(33(4,5)6,31-20-12-8-13-21-31)32-22-14-9-15-23-32/h7-9,11-15,18-23,28,34H,10,16-17,24-27H2,1-6H3/b11-7+,29-18+,30-19+/t28-/m0/s1. The SMILES string of the molecule is C/C(=C\C=C\CC[C@H](C)CCO)C/C(C)=C/CCO[Si](c1ccccc1)(c1ccccc1)C(C)(C)C. The first-order valence-corrected chi connectivity index (χ1v) is 15.5. The van der Waals surface area contributed by atoms with Crippen molar-refractivity contribution >= 4 is 18.7 Å². The van der Waals surface area contributed by atoms with Gasteiger partial charge >= 0.3 is 0 Å². The first kappa shape index (κ1) is 30.0. The van der Waals surface area contributed by atoms with Gasteiger partial charge in [0.1, 0.15) is 0 Å². The maximum atomic E-state index is 9.01. The lowest BCUT2D eigenvalue weighted by Crippen LogP contribution is -2.66. The average Bonchev–Trinajstić information content (AvgIpc) is 2.84. The number of rotatable bonds is 14. The number of benzene rings is 2. The van der Waals surface area contributed by atoms with Gasteiger partial charge in [-0.3, -0.25) is 0 Å². The summed E-state index contributed by atoms with van der Waals surface area (Å²) < 4.78 is 7.00. The van der Waals surface area contributed by atoms with Crippen molar-refractivity contribution in [3.63, 3.8) is 0 Å². The van der Waals surface area contributed by atoms with Crippen molar-refractivity contribution in [2.24, 2.45) is 5.92 Å². The van der Waals surface area contributed by atoms with Gasteiger partial charge in [0.05, 0.1) is 0 Å². The minimum Gasteiger partial charge on any atom is -0.407 e. The summed E-state index contributed by atoms with van der Waals surface area (Å²) >= 11 is 0. The van der Waals surface area contributed by atoms with Crippen molar-refractivity contribution in [1.82, 2.24) is 0 Å². The van der Waals surface area contributed by atoms with Crippen molar-refractivity contribution in [1.29, 1.82) is 0 Å². The predicted molar refractivity (Wildman–Crippen MR) is 160 cm³/mol. The molecule has 0 fully saturated rings. The maximum absolute atomic E-state index is 9.01. The van der Waals surface area contributed by atoms with E-state index in [1.54, 1.807) is 0 Å². The summed E-state index contributed by atoms with van der Waals surface area (Å²) in [5.74, 6) is 0.584. The fraction of sp³-hybridized carbons (Fsp3) is 0.455. The molecule has 3 heteroatoms. The van der Waals surface area contributed by atoms with Crippen molar-refractivity contribution < 1.29 is 9.53 Å². The van der Waals surface area contributed by atoms with E-state index in [1.165, 1.54) is 21.5 Å². The second kappa shape index (κ2) is 15.1. The Morgan fingerprint density at radius 2 is 1.47 bits per heavy atom. The number of hydrogen-bond donors (Lipinski definition) is 1. The van der Waals surface area contributed by atoms with Gasteiger partial charge in [0, 0.05) is 13.2 Å². The zero-order chi connectivity index (χ0) is 26.4. The molecule has 0 heterocycles. The minimum absolute atomic E-state index is 0.00994. The largest absolute Gasteiger partial charge is 0.407 e. The van der Waals surface area contributed by atoms with Gasteiger partial charge in [-0.25, -0.2) is 0 Å². The molecule has 0 aliphatic rings. The summed E-state index contributed by atoms with van der Waals surface area (Å²) in [5.41, 5.74) is 2.76. The molecule has 0 spiro atoms. The van der Waals surface area contributed by atoms with Crippen LogP contribution in [-0.4, -0.2) is 26.6 Å². The summed E-state index contributed by atoms with van der Waals surface area (Å²) in [6.45, 7) is 14.6. The van der Waals surface area contributed by atoms with Crippen LogP contribution in [0.4, 0.5) is 0 Å². The third-order valence-corrected chi connectivity index (χ3v) is 11.9. The normalized spacial score (nSPS) is 14.4. The zero-order valence-electron chi connectivity index (χ0n) is 23.5. The molecule has 0 unspecified atom stereocenters. The van der Waals surface area contributed by atoms with E-state index in [4.69, 9.17) is 9.53 Å². The third-order valence-electron chi connectivity index (χ3n) is 6.87. The highest BCUT2D eigenvalue weighted by Gasteiger charge is 2.49. The molecule has 1 N–H and O–H groups in total. The van der Waals surface area contributed by atoms with E-state index < -0.39 is 8.32 Å². The van der Waals surface area contributed by atoms with Crippen LogP contribution in [0.1, 0.15) is 73.6 Å². The average molecular weight is 505 g/mol. The van der Waals surface area contributed by atoms with Gasteiger partial charge in [0.25, 0.3) is 8.32 Å². The van der Waals surface area contributed by atoms with E-state index in [0.29, 0.717) is 12.5 Å². The Kier molecular flexibility index (Phi) is 12.6. The highest BCUT2D eigenvalue weighted by atomic mass is 28.4. The number of allylic oxidation sites excluding steroid dienone is 5. The molecule has 0 aliphatic heterocycles. The lowest BCUT2D eigenvalue weighted by Gasteiger charge is -2.43. The molecule has 0 aromatic heterocycles. The van der Waals surface area contributed by atoms with E-state index >= 15 is 0 Å². The Hall–Kier alpha value is -2.20. The molecule has 2 aromatic rings. The molecular weight excluding hydrogens is 456 g/mol. The van der Waals surface area contributed by atoms with E-state index in [9.17, 15) is 0 Å². The van der Waals surface area contributed by atoms with Crippen molar-refractivity contribution in [2.75, 3.05) is 13.2 Å². The smallest absolute Gasteiger partial charge is 0.261 e. The number of hydrogen-bond acceptors (Lipinski definition) is 2. The Balaban J connectivity index is 2.03. The van der Waals surface area contributed by atoms with Gasteiger partial charge in [0.15, 0.2) is 0 Å². The number of aliphatic hydroxyl groups is 1. The van der Waals surface area contributed by atoms with Crippen LogP contribution in [0, 0.1) is 5.92 Å². The van der Waals surface area contributed by atoms with E-state index in [0.717, 1.165) is 38.7 Å². The molecule has 0 saturated heterocycles. The molecule has 0 saturated carbocycles. The van der Waals surface area contributed by atoms with Crippen LogP contribution in [0.25, 0.3) is 0 Å². The van der Waals surface area contributed by atoms with Gasteiger partial charge in [-0.2, -0.15) is 0 Å². The van der Waals surface area contributed by atoms with Crippen LogP contribution >= 0.6 is 0 Å². The monoisotopic (exact) mass is 504 g/mol. The summed E-state index contributed by atoms with van der Waals surface area (Å²) in [6, 6.07) is 21.7. The summed E-state index contributed by atoms with van der Waals surface area (Å²) in [6.07, 6.45) is 14.0. The van der Waals surface area contributed by atoms with Crippen molar-refractivity contribution in [3.05, 3.63) is 96.1 Å². The molecule has 196 valence electrons. The van der Waals surface area contributed by atoms with Crippen LogP contribution in [0.5, 0.6) is 0 Å². The van der Waals surface area contributed by atoms with Crippen molar-refractivity contribution in [2.45, 2.75) is 78.7 Å². The van der Waals surface area contributed by atoms with Crippen LogP contribution in [0.3, 0.4) is 0 Å². The maximum Gasteiger partial charge on any atom is 0.261 e. The Morgan fingerprint density at radius 3 is 2.00 bits per heavy atom. The van der Waals surface area contributed by atoms with Gasteiger partial charge in [-0.05, 0) is 67.3 Å². The summed E-state index contributed by atoms with van der Waals surface area (Å²) in [5, 5.41) is 11.7. The molecule has 1 atom stereocenters. The van der Waals surface area contributed by atoms with Gasteiger partial charge in [0.2, 0.25) is 0 Å². The van der Waals surface area contributed by atoms with E-state index in [2.05, 4.69) is 127 Å². The second-order valence-electron chi connectivity index (χ2n) is 11.2. The highest BCUT2D eigenvalue weighted by molar-refractivity contribution is 6.99. The van der Waals surface area contributed by atoms with Crippen LogP contribution in [-0.2, 0) is 4.43 Å². The van der Waals surface area contributed by atoms with Gasteiger partial charge in [-0.1, -0.05) is 124 Å². The molecule has 0 aliphatic carbocycles. The van der Waals surface area contributed by atoms with Crippen molar-refractivity contribution in [3.8, 4) is 0 Å². The van der Waals surface area contributed by atoms with Crippen LogP contribution < -0.4 is 10.4 Å². The van der Waals surface area contributed by atoms with Crippen LogP contribution in [0.15, 0.2) is 96.1 Å². The predicted octanol–water partition coefficient (Wildman–Crippen LogP) is 7.59. The minimum atomic E-state index is -2.46. The molecule has 2 aromatic carbocycles. The fourth-order valence-corrected chi connectivity index (χ4v) is 9.50. The first-order valence-electron chi connectivity index (χ1n) is 13.5. The quantitative estimate of drug-likeness (QED) is 0.124. The Morgan fingerprint density at radius 1 is 0.889 bits per heavy atom. The first-order chi connectivity index (χ1) is 17.2. The van der Waals surface area contributed by atoms with E-state index in [1.807, 2.05) is 0 Å². The summed E-state index contributed by atoms with van der Waals surface area (Å²) in [7, 11) is -2.46. The number of aliphatic hydroxyl groups excluding tert-OH is 1. The molecule has 2 nitrogen and oxygen atoms in total. The molecule has 2 rings (SSSR count). The molecular formula is C33H48O2Si. The third kappa shape index (κ3) is 9.03. The molecule has 0 radical (unpaired) electrons. The van der Waals surface area contributed by atoms with Gasteiger partial charge < -0.3 is 9.53 Å². The second-order valence-corrected chi connectivity index (χ2v) is 15.5. The molecule has 36 heavy (non-hydrogen) atoms. The highest BCUT2D eigenvalue weighted by Crippen LogP contribution is 2.36. The van der Waals surface area contributed by atoms with Gasteiger partial charge in [-0.15, -0.1) is 0 Å². The topological polar surface area (TPSA) is 29.5 Å².